The van der Waals surface area contributed by atoms with E-state index in [9.17, 15) is 0 Å². The Balaban J connectivity index is 2.09. The molecule has 2 nitrogen and oxygen atoms in total. The van der Waals surface area contributed by atoms with Crippen LogP contribution in [0.1, 0.15) is 23.5 Å². The second kappa shape index (κ2) is 4.03. The van der Waals surface area contributed by atoms with E-state index < -0.39 is 0 Å². The van der Waals surface area contributed by atoms with Gasteiger partial charge in [-0.1, -0.05) is 5.57 Å². The average Bonchev–Trinajstić information content (AvgIpc) is 2.53. The first kappa shape index (κ1) is 8.91. The van der Waals surface area contributed by atoms with Gasteiger partial charge in [-0.05, 0) is 32.4 Å². The number of piperidine rings is 1. The average molecular weight is 194 g/mol. The van der Waals surface area contributed by atoms with E-state index in [-0.39, 0.29) is 0 Å². The molecule has 2 rings (SSSR count). The second-order valence-electron chi connectivity index (χ2n) is 3.41. The highest BCUT2D eigenvalue weighted by atomic mass is 32.1. The highest BCUT2D eigenvalue weighted by Crippen LogP contribution is 2.16. The maximum Gasteiger partial charge on any atom is 0.116 e. The molecule has 1 saturated heterocycles. The first-order chi connectivity index (χ1) is 6.34. The van der Waals surface area contributed by atoms with Gasteiger partial charge in [-0.15, -0.1) is 11.3 Å². The fourth-order valence-corrected chi connectivity index (χ4v) is 2.29. The van der Waals surface area contributed by atoms with Crippen molar-refractivity contribution in [3.63, 3.8) is 0 Å². The lowest BCUT2D eigenvalue weighted by molar-refractivity contribution is 0.613. The summed E-state index contributed by atoms with van der Waals surface area (Å²) in [6, 6.07) is 0. The van der Waals surface area contributed by atoms with Crippen molar-refractivity contribution < 1.29 is 0 Å². The second-order valence-corrected chi connectivity index (χ2v) is 4.30. The van der Waals surface area contributed by atoms with Crippen LogP contribution in [0.2, 0.25) is 0 Å². The third-order valence-electron chi connectivity index (χ3n) is 2.17. The third kappa shape index (κ3) is 2.39. The van der Waals surface area contributed by atoms with Gasteiger partial charge < -0.3 is 5.32 Å². The molecular weight excluding hydrogens is 180 g/mol. The van der Waals surface area contributed by atoms with Crippen molar-refractivity contribution in [2.75, 3.05) is 13.1 Å². The van der Waals surface area contributed by atoms with Crippen molar-refractivity contribution in [3.05, 3.63) is 21.7 Å². The zero-order valence-electron chi connectivity index (χ0n) is 7.84. The highest BCUT2D eigenvalue weighted by Gasteiger charge is 2.04. The van der Waals surface area contributed by atoms with E-state index in [1.165, 1.54) is 18.4 Å². The van der Waals surface area contributed by atoms with Gasteiger partial charge in [0, 0.05) is 17.6 Å². The number of hydrogen-bond donors (Lipinski definition) is 1. The van der Waals surface area contributed by atoms with Gasteiger partial charge in [0.2, 0.25) is 0 Å². The Hall–Kier alpha value is -0.670. The first-order valence-electron chi connectivity index (χ1n) is 4.67. The van der Waals surface area contributed by atoms with Gasteiger partial charge in [-0.25, -0.2) is 4.98 Å². The van der Waals surface area contributed by atoms with E-state index in [0.29, 0.717) is 0 Å². The van der Waals surface area contributed by atoms with Gasteiger partial charge in [0.05, 0.1) is 0 Å². The smallest absolute Gasteiger partial charge is 0.116 e. The molecule has 1 aliphatic heterocycles. The Labute approximate surface area is 82.7 Å². The Morgan fingerprint density at radius 1 is 1.62 bits per heavy atom. The van der Waals surface area contributed by atoms with E-state index in [2.05, 4.69) is 21.8 Å². The van der Waals surface area contributed by atoms with Gasteiger partial charge in [0.25, 0.3) is 0 Å². The number of rotatable bonds is 1. The maximum absolute atomic E-state index is 4.42. The Morgan fingerprint density at radius 3 is 3.15 bits per heavy atom. The lowest BCUT2D eigenvalue weighted by atomic mass is 10.1. The van der Waals surface area contributed by atoms with Crippen LogP contribution in [-0.2, 0) is 0 Å². The number of hydrogen-bond acceptors (Lipinski definition) is 3. The Bertz CT molecular complexity index is 306. The minimum atomic E-state index is 1.04. The van der Waals surface area contributed by atoms with E-state index in [4.69, 9.17) is 0 Å². The van der Waals surface area contributed by atoms with Gasteiger partial charge >= 0.3 is 0 Å². The van der Waals surface area contributed by atoms with Gasteiger partial charge in [-0.3, -0.25) is 0 Å². The molecule has 0 saturated carbocycles. The molecule has 1 aromatic heterocycles. The maximum atomic E-state index is 4.42. The zero-order valence-corrected chi connectivity index (χ0v) is 8.66. The van der Waals surface area contributed by atoms with Crippen molar-refractivity contribution in [1.29, 1.82) is 0 Å². The summed E-state index contributed by atoms with van der Waals surface area (Å²) in [7, 11) is 0. The molecule has 0 spiro atoms. The van der Waals surface area contributed by atoms with E-state index in [1.54, 1.807) is 11.3 Å². The summed E-state index contributed by atoms with van der Waals surface area (Å²) in [6.07, 6.45) is 4.71. The standard InChI is InChI=1S/C10H14N2S/c1-8-7-13-10(12-8)5-9-3-2-4-11-6-9/h5,7,11H,2-4,6H2,1H3. The molecule has 1 aliphatic rings. The molecule has 0 aromatic carbocycles. The minimum absolute atomic E-state index is 1.04. The zero-order chi connectivity index (χ0) is 9.10. The van der Waals surface area contributed by atoms with Crippen molar-refractivity contribution >= 4 is 17.4 Å². The monoisotopic (exact) mass is 194 g/mol. The topological polar surface area (TPSA) is 24.9 Å². The SMILES string of the molecule is Cc1csc(C=C2CCCNC2)n1. The van der Waals surface area contributed by atoms with Crippen molar-refractivity contribution in [3.8, 4) is 0 Å². The van der Waals surface area contributed by atoms with Crippen molar-refractivity contribution in [2.24, 2.45) is 0 Å². The summed E-state index contributed by atoms with van der Waals surface area (Å²) in [4.78, 5) is 4.42. The van der Waals surface area contributed by atoms with E-state index in [1.807, 2.05) is 6.92 Å². The molecule has 13 heavy (non-hydrogen) atoms. The summed E-state index contributed by atoms with van der Waals surface area (Å²) in [6.45, 7) is 4.24. The van der Waals surface area contributed by atoms with Crippen molar-refractivity contribution in [2.45, 2.75) is 19.8 Å². The molecule has 70 valence electrons. The number of thiazole rings is 1. The number of nitrogens with zero attached hydrogens (tertiary/aromatic N) is 1. The molecule has 0 unspecified atom stereocenters. The van der Waals surface area contributed by atoms with Crippen LogP contribution in [0.5, 0.6) is 0 Å². The first-order valence-corrected chi connectivity index (χ1v) is 5.55. The van der Waals surface area contributed by atoms with Crippen LogP contribution in [0, 0.1) is 6.92 Å². The van der Waals surface area contributed by atoms with E-state index in [0.717, 1.165) is 23.8 Å². The van der Waals surface area contributed by atoms with Crippen LogP contribution in [0.4, 0.5) is 0 Å². The summed E-state index contributed by atoms with van der Waals surface area (Å²) >= 11 is 1.73. The molecule has 0 amide bonds. The molecule has 0 radical (unpaired) electrons. The third-order valence-corrected chi connectivity index (χ3v) is 3.08. The van der Waals surface area contributed by atoms with E-state index >= 15 is 0 Å². The normalized spacial score (nSPS) is 20.8. The molecule has 0 aliphatic carbocycles. The lowest BCUT2D eigenvalue weighted by Gasteiger charge is -2.14. The Kier molecular flexibility index (Phi) is 2.76. The quantitative estimate of drug-likeness (QED) is 0.741. The highest BCUT2D eigenvalue weighted by molar-refractivity contribution is 7.10. The molecule has 0 bridgehead atoms. The van der Waals surface area contributed by atoms with Crippen molar-refractivity contribution in [1.82, 2.24) is 10.3 Å². The predicted octanol–water partition coefficient (Wildman–Crippen LogP) is 2.22. The number of aryl methyl sites for hydroxylation is 1. The van der Waals surface area contributed by atoms with Crippen LogP contribution in [0.3, 0.4) is 0 Å². The lowest BCUT2D eigenvalue weighted by Crippen LogP contribution is -2.23. The molecule has 3 heteroatoms. The molecule has 1 N–H and O–H groups in total. The summed E-state index contributed by atoms with van der Waals surface area (Å²) < 4.78 is 0. The van der Waals surface area contributed by atoms with Gasteiger partial charge in [0.15, 0.2) is 0 Å². The largest absolute Gasteiger partial charge is 0.313 e. The van der Waals surface area contributed by atoms with Crippen LogP contribution in [-0.4, -0.2) is 18.1 Å². The summed E-state index contributed by atoms with van der Waals surface area (Å²) in [5.41, 5.74) is 2.61. The predicted molar refractivity (Wildman–Crippen MR) is 56.9 cm³/mol. The Morgan fingerprint density at radius 2 is 2.54 bits per heavy atom. The van der Waals surface area contributed by atoms with Gasteiger partial charge in [0.1, 0.15) is 5.01 Å². The molecule has 1 aromatic rings. The fourth-order valence-electron chi connectivity index (χ4n) is 1.51. The summed E-state index contributed by atoms with van der Waals surface area (Å²) in [5, 5.41) is 6.62. The molecule has 0 atom stereocenters. The number of aromatic nitrogens is 1. The minimum Gasteiger partial charge on any atom is -0.313 e. The summed E-state index contributed by atoms with van der Waals surface area (Å²) in [5.74, 6) is 0. The fraction of sp³-hybridized carbons (Fsp3) is 0.500. The van der Waals surface area contributed by atoms with Crippen LogP contribution < -0.4 is 5.32 Å². The molecule has 1 fully saturated rings. The number of nitrogens with one attached hydrogen (secondary N) is 1. The van der Waals surface area contributed by atoms with Crippen LogP contribution in [0.15, 0.2) is 11.0 Å². The molecular formula is C10H14N2S. The van der Waals surface area contributed by atoms with Crippen LogP contribution >= 0.6 is 11.3 Å². The van der Waals surface area contributed by atoms with Gasteiger partial charge in [-0.2, -0.15) is 0 Å². The molecule has 2 heterocycles. The van der Waals surface area contributed by atoms with Crippen LogP contribution in [0.25, 0.3) is 6.08 Å².